The predicted octanol–water partition coefficient (Wildman–Crippen LogP) is -1.05. The van der Waals surface area contributed by atoms with Crippen LogP contribution in [-0.2, 0) is 4.79 Å². The Labute approximate surface area is 72.3 Å². The van der Waals surface area contributed by atoms with E-state index in [1.807, 2.05) is 6.92 Å². The van der Waals surface area contributed by atoms with E-state index in [1.165, 1.54) is 0 Å². The topological polar surface area (TPSA) is 61.4 Å². The van der Waals surface area contributed by atoms with E-state index in [4.69, 9.17) is 5.11 Å². The molecule has 1 amide bonds. The summed E-state index contributed by atoms with van der Waals surface area (Å²) in [5.74, 6) is 0.594. The van der Waals surface area contributed by atoms with Crippen LogP contribution in [0.2, 0.25) is 0 Å². The number of hydrogen-bond donors (Lipinski definition) is 3. The average molecular weight is 172 g/mol. The van der Waals surface area contributed by atoms with Crippen molar-refractivity contribution in [3.05, 3.63) is 0 Å². The fourth-order valence-corrected chi connectivity index (χ4v) is 1.22. The summed E-state index contributed by atoms with van der Waals surface area (Å²) in [5.41, 5.74) is 0. The summed E-state index contributed by atoms with van der Waals surface area (Å²) < 4.78 is 0. The number of aliphatic hydroxyl groups is 1. The van der Waals surface area contributed by atoms with Crippen molar-refractivity contribution in [2.45, 2.75) is 6.92 Å². The van der Waals surface area contributed by atoms with E-state index >= 15 is 0 Å². The van der Waals surface area contributed by atoms with E-state index in [1.54, 1.807) is 0 Å². The van der Waals surface area contributed by atoms with Gasteiger partial charge in [-0.05, 0) is 19.0 Å². The zero-order chi connectivity index (χ0) is 8.97. The number of aliphatic hydroxyl groups excluding tert-OH is 1. The average Bonchev–Trinajstić information content (AvgIpc) is 1.96. The lowest BCUT2D eigenvalue weighted by Crippen LogP contribution is -2.49. The first-order valence-corrected chi connectivity index (χ1v) is 4.35. The Morgan fingerprint density at radius 2 is 2.42 bits per heavy atom. The normalized spacial score (nSPS) is 19.8. The SMILES string of the molecule is CC(C(=O)NCCO)C1CNC1. The third kappa shape index (κ3) is 2.19. The minimum Gasteiger partial charge on any atom is -0.395 e. The van der Waals surface area contributed by atoms with Crippen molar-refractivity contribution in [3.63, 3.8) is 0 Å². The number of hydrogen-bond acceptors (Lipinski definition) is 3. The minimum atomic E-state index is 0.0153. The molecule has 1 aliphatic rings. The summed E-state index contributed by atoms with van der Waals surface area (Å²) >= 11 is 0. The van der Waals surface area contributed by atoms with Crippen molar-refractivity contribution in [1.29, 1.82) is 0 Å². The van der Waals surface area contributed by atoms with Crippen molar-refractivity contribution >= 4 is 5.91 Å². The second kappa shape index (κ2) is 4.42. The van der Waals surface area contributed by atoms with Crippen molar-refractivity contribution in [2.24, 2.45) is 11.8 Å². The van der Waals surface area contributed by atoms with Crippen LogP contribution < -0.4 is 10.6 Å². The molecule has 0 saturated carbocycles. The van der Waals surface area contributed by atoms with Crippen LogP contribution in [0.1, 0.15) is 6.92 Å². The maximum atomic E-state index is 11.3. The van der Waals surface area contributed by atoms with E-state index in [-0.39, 0.29) is 18.4 Å². The molecule has 0 radical (unpaired) electrons. The van der Waals surface area contributed by atoms with Gasteiger partial charge in [0.2, 0.25) is 5.91 Å². The first-order valence-electron chi connectivity index (χ1n) is 4.35. The lowest BCUT2D eigenvalue weighted by Gasteiger charge is -2.31. The van der Waals surface area contributed by atoms with Crippen LogP contribution in [0.5, 0.6) is 0 Å². The molecule has 70 valence electrons. The molecule has 1 heterocycles. The Morgan fingerprint density at radius 3 is 2.83 bits per heavy atom. The molecule has 0 spiro atoms. The van der Waals surface area contributed by atoms with Gasteiger partial charge >= 0.3 is 0 Å². The first kappa shape index (κ1) is 9.48. The Balaban J connectivity index is 2.20. The zero-order valence-corrected chi connectivity index (χ0v) is 7.34. The van der Waals surface area contributed by atoms with Gasteiger partial charge in [0.1, 0.15) is 0 Å². The molecule has 3 N–H and O–H groups in total. The number of rotatable bonds is 4. The Kier molecular flexibility index (Phi) is 3.49. The Hall–Kier alpha value is -0.610. The standard InChI is InChI=1S/C8H16N2O2/c1-6(7-4-9-5-7)8(12)10-2-3-11/h6-7,9,11H,2-5H2,1H3,(H,10,12). The van der Waals surface area contributed by atoms with Gasteiger partial charge in [-0.1, -0.05) is 6.92 Å². The van der Waals surface area contributed by atoms with Crippen molar-refractivity contribution in [2.75, 3.05) is 26.2 Å². The fourth-order valence-electron chi connectivity index (χ4n) is 1.22. The quantitative estimate of drug-likeness (QED) is 0.507. The second-order valence-corrected chi connectivity index (χ2v) is 3.22. The number of carbonyl (C=O) groups excluding carboxylic acids is 1. The molecule has 0 aromatic rings. The first-order chi connectivity index (χ1) is 5.75. The zero-order valence-electron chi connectivity index (χ0n) is 7.34. The van der Waals surface area contributed by atoms with E-state index in [0.29, 0.717) is 12.5 Å². The molecule has 1 fully saturated rings. The molecule has 0 aliphatic carbocycles. The summed E-state index contributed by atoms with van der Waals surface area (Å²) in [7, 11) is 0. The van der Waals surface area contributed by atoms with Gasteiger partial charge in [-0.25, -0.2) is 0 Å². The highest BCUT2D eigenvalue weighted by molar-refractivity contribution is 5.78. The van der Waals surface area contributed by atoms with Crippen molar-refractivity contribution in [3.8, 4) is 0 Å². The molecule has 0 aromatic carbocycles. The van der Waals surface area contributed by atoms with Crippen LogP contribution in [0.3, 0.4) is 0 Å². The van der Waals surface area contributed by atoms with Gasteiger partial charge in [0.05, 0.1) is 6.61 Å². The largest absolute Gasteiger partial charge is 0.395 e. The van der Waals surface area contributed by atoms with Crippen LogP contribution in [0.25, 0.3) is 0 Å². The number of amides is 1. The Morgan fingerprint density at radius 1 is 1.75 bits per heavy atom. The van der Waals surface area contributed by atoms with Crippen LogP contribution in [-0.4, -0.2) is 37.3 Å². The molecule has 4 nitrogen and oxygen atoms in total. The highest BCUT2D eigenvalue weighted by Gasteiger charge is 2.28. The lowest BCUT2D eigenvalue weighted by molar-refractivity contribution is -0.126. The van der Waals surface area contributed by atoms with Crippen LogP contribution >= 0.6 is 0 Å². The van der Waals surface area contributed by atoms with Gasteiger partial charge in [0.15, 0.2) is 0 Å². The second-order valence-electron chi connectivity index (χ2n) is 3.22. The molecule has 1 aliphatic heterocycles. The molecule has 0 aromatic heterocycles. The summed E-state index contributed by atoms with van der Waals surface area (Å²) in [5, 5.41) is 14.3. The van der Waals surface area contributed by atoms with E-state index in [9.17, 15) is 4.79 Å². The Bertz CT molecular complexity index is 157. The molecule has 0 bridgehead atoms. The molecule has 4 heteroatoms. The molecule has 1 saturated heterocycles. The van der Waals surface area contributed by atoms with Gasteiger partial charge in [-0.2, -0.15) is 0 Å². The van der Waals surface area contributed by atoms with Crippen LogP contribution in [0.4, 0.5) is 0 Å². The van der Waals surface area contributed by atoms with Gasteiger partial charge in [0.25, 0.3) is 0 Å². The van der Waals surface area contributed by atoms with Gasteiger partial charge in [-0.3, -0.25) is 4.79 Å². The van der Waals surface area contributed by atoms with Crippen molar-refractivity contribution < 1.29 is 9.90 Å². The van der Waals surface area contributed by atoms with Crippen LogP contribution in [0, 0.1) is 11.8 Å². The number of carbonyl (C=O) groups is 1. The summed E-state index contributed by atoms with van der Waals surface area (Å²) in [6.45, 7) is 4.18. The van der Waals surface area contributed by atoms with Crippen molar-refractivity contribution in [1.82, 2.24) is 10.6 Å². The molecule has 1 unspecified atom stereocenters. The maximum Gasteiger partial charge on any atom is 0.223 e. The maximum absolute atomic E-state index is 11.3. The molecule has 1 rings (SSSR count). The van der Waals surface area contributed by atoms with Gasteiger partial charge in [0, 0.05) is 12.5 Å². The lowest BCUT2D eigenvalue weighted by atomic mass is 9.88. The predicted molar refractivity (Wildman–Crippen MR) is 45.6 cm³/mol. The third-order valence-electron chi connectivity index (χ3n) is 2.34. The fraction of sp³-hybridized carbons (Fsp3) is 0.875. The smallest absolute Gasteiger partial charge is 0.223 e. The summed E-state index contributed by atoms with van der Waals surface area (Å²) in [6.07, 6.45) is 0. The molecule has 12 heavy (non-hydrogen) atoms. The summed E-state index contributed by atoms with van der Waals surface area (Å²) in [6, 6.07) is 0. The molecule has 1 atom stereocenters. The van der Waals surface area contributed by atoms with Gasteiger partial charge in [-0.15, -0.1) is 0 Å². The molecular formula is C8H16N2O2. The van der Waals surface area contributed by atoms with E-state index in [0.717, 1.165) is 13.1 Å². The molecular weight excluding hydrogens is 156 g/mol. The number of nitrogens with one attached hydrogen (secondary N) is 2. The monoisotopic (exact) mass is 172 g/mol. The van der Waals surface area contributed by atoms with E-state index < -0.39 is 0 Å². The van der Waals surface area contributed by atoms with Gasteiger partial charge < -0.3 is 15.7 Å². The van der Waals surface area contributed by atoms with E-state index in [2.05, 4.69) is 10.6 Å². The highest BCUT2D eigenvalue weighted by Crippen LogP contribution is 2.15. The third-order valence-corrected chi connectivity index (χ3v) is 2.34. The summed E-state index contributed by atoms with van der Waals surface area (Å²) in [4.78, 5) is 11.3. The highest BCUT2D eigenvalue weighted by atomic mass is 16.3. The minimum absolute atomic E-state index is 0.0153. The van der Waals surface area contributed by atoms with Crippen LogP contribution in [0.15, 0.2) is 0 Å².